The van der Waals surface area contributed by atoms with Crippen molar-refractivity contribution in [3.8, 4) is 0 Å². The van der Waals surface area contributed by atoms with Crippen molar-refractivity contribution in [1.82, 2.24) is 5.32 Å². The largest absolute Gasteiger partial charge is 0.459 e. The van der Waals surface area contributed by atoms with Gasteiger partial charge in [-0.1, -0.05) is 42.5 Å². The minimum absolute atomic E-state index is 0.0615. The molecule has 3 heteroatoms. The van der Waals surface area contributed by atoms with Crippen molar-refractivity contribution in [3.05, 3.63) is 83.1 Å². The predicted molar refractivity (Wildman–Crippen MR) is 103 cm³/mol. The SMILES string of the molecule is C[C@H](NC(=O)c1ccc2c3c(cccc13)CC2)c1cc2ccccc2o1. The Kier molecular flexibility index (Phi) is 3.35. The van der Waals surface area contributed by atoms with Crippen molar-refractivity contribution in [3.63, 3.8) is 0 Å². The fourth-order valence-electron chi connectivity index (χ4n) is 4.01. The Morgan fingerprint density at radius 3 is 2.65 bits per heavy atom. The zero-order chi connectivity index (χ0) is 17.7. The van der Waals surface area contributed by atoms with Crippen LogP contribution in [0.1, 0.15) is 40.2 Å². The zero-order valence-electron chi connectivity index (χ0n) is 14.6. The number of carbonyl (C=O) groups excluding carboxylic acids is 1. The van der Waals surface area contributed by atoms with E-state index in [1.165, 1.54) is 16.5 Å². The second kappa shape index (κ2) is 5.73. The minimum Gasteiger partial charge on any atom is -0.459 e. The van der Waals surface area contributed by atoms with E-state index < -0.39 is 0 Å². The van der Waals surface area contributed by atoms with Gasteiger partial charge in [0, 0.05) is 10.9 Å². The Labute approximate surface area is 151 Å². The summed E-state index contributed by atoms with van der Waals surface area (Å²) in [7, 11) is 0. The lowest BCUT2D eigenvalue weighted by molar-refractivity contribution is 0.0937. The number of nitrogens with one attached hydrogen (secondary N) is 1. The number of para-hydroxylation sites is 1. The highest BCUT2D eigenvalue weighted by molar-refractivity contribution is 6.09. The van der Waals surface area contributed by atoms with E-state index in [2.05, 4.69) is 23.5 Å². The third-order valence-electron chi connectivity index (χ3n) is 5.34. The molecule has 128 valence electrons. The Balaban J connectivity index is 1.48. The third-order valence-corrected chi connectivity index (χ3v) is 5.34. The van der Waals surface area contributed by atoms with Gasteiger partial charge in [-0.3, -0.25) is 4.79 Å². The number of fused-ring (bicyclic) bond motifs is 1. The quantitative estimate of drug-likeness (QED) is 0.558. The molecule has 1 aliphatic carbocycles. The third kappa shape index (κ3) is 2.31. The average molecular weight is 341 g/mol. The number of hydrogen-bond acceptors (Lipinski definition) is 2. The van der Waals surface area contributed by atoms with Crippen LogP contribution in [0.2, 0.25) is 0 Å². The maximum absolute atomic E-state index is 12.9. The van der Waals surface area contributed by atoms with Gasteiger partial charge in [0.1, 0.15) is 11.3 Å². The normalized spacial score (nSPS) is 14.0. The molecule has 5 rings (SSSR count). The number of aryl methyl sites for hydroxylation is 2. The van der Waals surface area contributed by atoms with E-state index in [1.54, 1.807) is 0 Å². The summed E-state index contributed by atoms with van der Waals surface area (Å²) in [6, 6.07) is 20.0. The van der Waals surface area contributed by atoms with Crippen LogP contribution in [0.5, 0.6) is 0 Å². The molecule has 1 N–H and O–H groups in total. The Hall–Kier alpha value is -3.07. The molecule has 1 atom stereocenters. The van der Waals surface area contributed by atoms with Gasteiger partial charge in [-0.2, -0.15) is 0 Å². The summed E-state index contributed by atoms with van der Waals surface area (Å²) >= 11 is 0. The first-order chi connectivity index (χ1) is 12.7. The van der Waals surface area contributed by atoms with Crippen LogP contribution in [0.4, 0.5) is 0 Å². The molecule has 1 aromatic heterocycles. The number of furan rings is 1. The molecular formula is C23H19NO2. The molecule has 4 aromatic rings. The van der Waals surface area contributed by atoms with Crippen LogP contribution in [0.25, 0.3) is 21.7 Å². The number of amides is 1. The molecule has 0 radical (unpaired) electrons. The average Bonchev–Trinajstić information content (AvgIpc) is 3.27. The van der Waals surface area contributed by atoms with Crippen LogP contribution in [0, 0.1) is 0 Å². The molecule has 3 nitrogen and oxygen atoms in total. The Morgan fingerprint density at radius 2 is 1.81 bits per heavy atom. The first-order valence-corrected chi connectivity index (χ1v) is 9.03. The summed E-state index contributed by atoms with van der Waals surface area (Å²) in [5.41, 5.74) is 4.26. The highest BCUT2D eigenvalue weighted by Gasteiger charge is 2.20. The zero-order valence-corrected chi connectivity index (χ0v) is 14.6. The fourth-order valence-corrected chi connectivity index (χ4v) is 4.01. The van der Waals surface area contributed by atoms with Crippen LogP contribution in [0.15, 0.2) is 65.1 Å². The highest BCUT2D eigenvalue weighted by atomic mass is 16.3. The second-order valence-corrected chi connectivity index (χ2v) is 6.99. The van der Waals surface area contributed by atoms with Crippen LogP contribution in [-0.4, -0.2) is 5.91 Å². The Morgan fingerprint density at radius 1 is 1.00 bits per heavy atom. The lowest BCUT2D eigenvalue weighted by atomic mass is 9.99. The van der Waals surface area contributed by atoms with Gasteiger partial charge < -0.3 is 9.73 Å². The topological polar surface area (TPSA) is 42.2 Å². The fraction of sp³-hybridized carbons (Fsp3) is 0.174. The maximum atomic E-state index is 12.9. The minimum atomic E-state index is -0.196. The molecule has 1 heterocycles. The van der Waals surface area contributed by atoms with E-state index in [0.717, 1.165) is 40.5 Å². The van der Waals surface area contributed by atoms with Gasteiger partial charge >= 0.3 is 0 Å². The van der Waals surface area contributed by atoms with Gasteiger partial charge in [-0.25, -0.2) is 0 Å². The van der Waals surface area contributed by atoms with Crippen molar-refractivity contribution >= 4 is 27.6 Å². The molecule has 3 aromatic carbocycles. The van der Waals surface area contributed by atoms with Gasteiger partial charge in [-0.05, 0) is 59.9 Å². The van der Waals surface area contributed by atoms with Crippen molar-refractivity contribution < 1.29 is 9.21 Å². The van der Waals surface area contributed by atoms with E-state index >= 15 is 0 Å². The van der Waals surface area contributed by atoms with Crippen LogP contribution in [-0.2, 0) is 12.8 Å². The number of hydrogen-bond donors (Lipinski definition) is 1. The summed E-state index contributed by atoms with van der Waals surface area (Å²) in [5, 5.41) is 6.45. The van der Waals surface area contributed by atoms with E-state index in [0.29, 0.717) is 0 Å². The van der Waals surface area contributed by atoms with Gasteiger partial charge in [0.05, 0.1) is 6.04 Å². The summed E-state index contributed by atoms with van der Waals surface area (Å²) < 4.78 is 5.89. The standard InChI is InChI=1S/C23H19NO2/c1-14(21-13-17-5-2-3-8-20(17)26-21)24-23(25)19-12-11-16-10-9-15-6-4-7-18(19)22(15)16/h2-8,11-14H,9-10H2,1H3,(H,24,25)/t14-/m0/s1. The summed E-state index contributed by atoms with van der Waals surface area (Å²) in [5.74, 6) is 0.707. The lowest BCUT2D eigenvalue weighted by Crippen LogP contribution is -2.26. The summed E-state index contributed by atoms with van der Waals surface area (Å²) in [4.78, 5) is 12.9. The predicted octanol–water partition coefficient (Wildman–Crippen LogP) is 5.18. The number of carbonyl (C=O) groups is 1. The monoisotopic (exact) mass is 341 g/mol. The molecule has 1 amide bonds. The number of benzene rings is 3. The van der Waals surface area contributed by atoms with Crippen LogP contribution < -0.4 is 5.32 Å². The van der Waals surface area contributed by atoms with Crippen LogP contribution in [0.3, 0.4) is 0 Å². The maximum Gasteiger partial charge on any atom is 0.252 e. The van der Waals surface area contributed by atoms with Crippen molar-refractivity contribution in [2.45, 2.75) is 25.8 Å². The highest BCUT2D eigenvalue weighted by Crippen LogP contribution is 2.33. The molecule has 1 aliphatic rings. The van der Waals surface area contributed by atoms with E-state index in [1.807, 2.05) is 49.4 Å². The first kappa shape index (κ1) is 15.2. The van der Waals surface area contributed by atoms with Gasteiger partial charge in [-0.15, -0.1) is 0 Å². The van der Waals surface area contributed by atoms with Crippen molar-refractivity contribution in [2.24, 2.45) is 0 Å². The first-order valence-electron chi connectivity index (χ1n) is 9.03. The Bertz CT molecular complexity index is 1110. The number of rotatable bonds is 3. The molecule has 0 bridgehead atoms. The molecular weight excluding hydrogens is 322 g/mol. The molecule has 0 saturated heterocycles. The van der Waals surface area contributed by atoms with Gasteiger partial charge in [0.25, 0.3) is 5.91 Å². The van der Waals surface area contributed by atoms with E-state index in [-0.39, 0.29) is 11.9 Å². The molecule has 0 saturated carbocycles. The molecule has 0 aliphatic heterocycles. The lowest BCUT2D eigenvalue weighted by Gasteiger charge is -2.13. The summed E-state index contributed by atoms with van der Waals surface area (Å²) in [6.45, 7) is 1.95. The smallest absolute Gasteiger partial charge is 0.252 e. The van der Waals surface area contributed by atoms with E-state index in [9.17, 15) is 4.79 Å². The second-order valence-electron chi connectivity index (χ2n) is 6.99. The molecule has 0 spiro atoms. The van der Waals surface area contributed by atoms with E-state index in [4.69, 9.17) is 4.42 Å². The van der Waals surface area contributed by atoms with Gasteiger partial charge in [0.2, 0.25) is 0 Å². The molecule has 0 unspecified atom stereocenters. The summed E-state index contributed by atoms with van der Waals surface area (Å²) in [6.07, 6.45) is 2.13. The van der Waals surface area contributed by atoms with Crippen molar-refractivity contribution in [2.75, 3.05) is 0 Å². The van der Waals surface area contributed by atoms with Gasteiger partial charge in [0.15, 0.2) is 0 Å². The molecule has 0 fully saturated rings. The van der Waals surface area contributed by atoms with Crippen molar-refractivity contribution in [1.29, 1.82) is 0 Å². The van der Waals surface area contributed by atoms with Crippen LogP contribution >= 0.6 is 0 Å². The molecule has 26 heavy (non-hydrogen) atoms.